The fraction of sp³-hybridized carbons (Fsp3) is 0.500. The topological polar surface area (TPSA) is 79.6 Å². The van der Waals surface area contributed by atoms with Gasteiger partial charge in [-0.05, 0) is 28.4 Å². The van der Waals surface area contributed by atoms with Gasteiger partial charge in [0, 0.05) is 19.2 Å². The molecule has 0 aliphatic carbocycles. The van der Waals surface area contributed by atoms with E-state index < -0.39 is 9.84 Å². The molecule has 1 saturated heterocycles. The van der Waals surface area contributed by atoms with Gasteiger partial charge in [0.2, 0.25) is 5.88 Å². The van der Waals surface area contributed by atoms with Crippen molar-refractivity contribution in [1.82, 2.24) is 4.90 Å². The zero-order chi connectivity index (χ0) is 13.3. The number of rotatable bonds is 2. The van der Waals surface area contributed by atoms with Crippen LogP contribution in [0.4, 0.5) is 10.7 Å². The molecule has 1 atom stereocenters. The van der Waals surface area contributed by atoms with Crippen molar-refractivity contribution in [2.75, 3.05) is 23.9 Å². The summed E-state index contributed by atoms with van der Waals surface area (Å²) in [6.07, 6.45) is 0.480. The van der Waals surface area contributed by atoms with Crippen LogP contribution >= 0.6 is 15.9 Å². The number of furan rings is 1. The molecular formula is C10H13BrN2O4S. The van der Waals surface area contributed by atoms with Gasteiger partial charge in [-0.15, -0.1) is 0 Å². The van der Waals surface area contributed by atoms with Gasteiger partial charge in [-0.25, -0.2) is 13.2 Å². The first-order chi connectivity index (χ1) is 8.37. The summed E-state index contributed by atoms with van der Waals surface area (Å²) in [5.74, 6) is 0.486. The molecule has 0 aromatic carbocycles. The number of carbonyl (C=O) groups excluding carboxylic acids is 1. The lowest BCUT2D eigenvalue weighted by Gasteiger charge is -2.22. The second-order valence-corrected chi connectivity index (χ2v) is 7.21. The number of anilines is 1. The number of urea groups is 1. The summed E-state index contributed by atoms with van der Waals surface area (Å²) >= 11 is 3.13. The van der Waals surface area contributed by atoms with E-state index in [0.717, 1.165) is 0 Å². The van der Waals surface area contributed by atoms with Gasteiger partial charge in [0.1, 0.15) is 0 Å². The van der Waals surface area contributed by atoms with E-state index in [1.54, 1.807) is 19.2 Å². The summed E-state index contributed by atoms with van der Waals surface area (Å²) in [6, 6.07) is 2.63. The smallest absolute Gasteiger partial charge is 0.324 e. The highest BCUT2D eigenvalue weighted by atomic mass is 79.9. The van der Waals surface area contributed by atoms with Gasteiger partial charge >= 0.3 is 6.03 Å². The molecule has 0 bridgehead atoms. The van der Waals surface area contributed by atoms with Crippen LogP contribution in [0.2, 0.25) is 0 Å². The molecule has 1 aromatic rings. The first kappa shape index (κ1) is 13.4. The zero-order valence-electron chi connectivity index (χ0n) is 9.72. The molecule has 1 N–H and O–H groups in total. The summed E-state index contributed by atoms with van der Waals surface area (Å²) in [5.41, 5.74) is 0. The van der Waals surface area contributed by atoms with Gasteiger partial charge in [-0.2, -0.15) is 0 Å². The maximum Gasteiger partial charge on any atom is 0.324 e. The summed E-state index contributed by atoms with van der Waals surface area (Å²) in [7, 11) is -1.41. The lowest BCUT2D eigenvalue weighted by Crippen LogP contribution is -2.40. The molecule has 0 saturated carbocycles. The number of halogens is 1. The Balaban J connectivity index is 1.97. The van der Waals surface area contributed by atoms with Gasteiger partial charge in [0.25, 0.3) is 0 Å². The molecule has 0 radical (unpaired) electrons. The zero-order valence-corrected chi connectivity index (χ0v) is 12.1. The molecule has 6 nitrogen and oxygen atoms in total. The van der Waals surface area contributed by atoms with Crippen LogP contribution in [-0.4, -0.2) is 43.9 Å². The average molecular weight is 337 g/mol. The molecule has 1 aromatic heterocycles. The van der Waals surface area contributed by atoms with Gasteiger partial charge in [0.05, 0.1) is 11.5 Å². The van der Waals surface area contributed by atoms with Crippen molar-refractivity contribution in [2.45, 2.75) is 12.5 Å². The molecule has 18 heavy (non-hydrogen) atoms. The summed E-state index contributed by atoms with van der Waals surface area (Å²) < 4.78 is 28.4. The van der Waals surface area contributed by atoms with Crippen LogP contribution in [0.15, 0.2) is 21.2 Å². The van der Waals surface area contributed by atoms with E-state index in [-0.39, 0.29) is 23.6 Å². The Bertz CT molecular complexity index is 554. The normalized spacial score (nSPS) is 21.8. The Morgan fingerprint density at radius 3 is 2.78 bits per heavy atom. The van der Waals surface area contributed by atoms with Crippen molar-refractivity contribution >= 4 is 37.7 Å². The fourth-order valence-corrected chi connectivity index (χ4v) is 3.90. The van der Waals surface area contributed by atoms with E-state index in [1.165, 1.54) is 4.90 Å². The number of hydrogen-bond acceptors (Lipinski definition) is 4. The van der Waals surface area contributed by atoms with Gasteiger partial charge < -0.3 is 9.32 Å². The average Bonchev–Trinajstić information content (AvgIpc) is 2.83. The highest BCUT2D eigenvalue weighted by molar-refractivity contribution is 9.10. The SMILES string of the molecule is CN(C(=O)Nc1ccc(Br)o1)C1CCS(=O)(=O)C1. The minimum atomic E-state index is -3.00. The second kappa shape index (κ2) is 4.93. The van der Waals surface area contributed by atoms with Crippen LogP contribution in [0, 0.1) is 0 Å². The van der Waals surface area contributed by atoms with E-state index >= 15 is 0 Å². The van der Waals surface area contributed by atoms with E-state index in [0.29, 0.717) is 17.0 Å². The third-order valence-electron chi connectivity index (χ3n) is 2.88. The van der Waals surface area contributed by atoms with Crippen LogP contribution in [0.5, 0.6) is 0 Å². The number of nitrogens with one attached hydrogen (secondary N) is 1. The third kappa shape index (κ3) is 3.05. The predicted molar refractivity (Wildman–Crippen MR) is 70.2 cm³/mol. The van der Waals surface area contributed by atoms with Crippen LogP contribution in [0.3, 0.4) is 0 Å². The van der Waals surface area contributed by atoms with Gasteiger partial charge in [-0.1, -0.05) is 0 Å². The molecule has 1 aliphatic heterocycles. The van der Waals surface area contributed by atoms with Crippen LogP contribution in [0.1, 0.15) is 6.42 Å². The minimum Gasteiger partial charge on any atom is -0.434 e. The number of sulfone groups is 1. The van der Waals surface area contributed by atoms with Crippen molar-refractivity contribution in [1.29, 1.82) is 0 Å². The molecule has 0 spiro atoms. The van der Waals surface area contributed by atoms with E-state index in [1.807, 2.05) is 0 Å². The molecule has 100 valence electrons. The molecule has 2 rings (SSSR count). The Kier molecular flexibility index (Phi) is 3.67. The predicted octanol–water partition coefficient (Wildman–Crippen LogP) is 1.69. The molecular weight excluding hydrogens is 324 g/mol. The third-order valence-corrected chi connectivity index (χ3v) is 5.06. The lowest BCUT2D eigenvalue weighted by atomic mass is 10.2. The number of hydrogen-bond donors (Lipinski definition) is 1. The molecule has 8 heteroatoms. The van der Waals surface area contributed by atoms with Crippen molar-refractivity contribution in [3.8, 4) is 0 Å². The van der Waals surface area contributed by atoms with Crippen LogP contribution in [0.25, 0.3) is 0 Å². The minimum absolute atomic E-state index is 0.0266. The lowest BCUT2D eigenvalue weighted by molar-refractivity contribution is 0.208. The summed E-state index contributed by atoms with van der Waals surface area (Å²) in [4.78, 5) is 13.3. The number of carbonyl (C=O) groups is 1. The fourth-order valence-electron chi connectivity index (χ4n) is 1.82. The van der Waals surface area contributed by atoms with E-state index in [4.69, 9.17) is 4.42 Å². The standard InChI is InChI=1S/C10H13BrN2O4S/c1-13(7-4-5-18(15,16)6-7)10(14)12-9-3-2-8(11)17-9/h2-3,7H,4-6H2,1H3,(H,12,14). The first-order valence-electron chi connectivity index (χ1n) is 5.37. The van der Waals surface area contributed by atoms with Crippen LogP contribution < -0.4 is 5.32 Å². The summed E-state index contributed by atoms with van der Waals surface area (Å²) in [5, 5.41) is 2.56. The van der Waals surface area contributed by atoms with Gasteiger partial charge in [-0.3, -0.25) is 5.32 Å². The molecule has 1 unspecified atom stereocenters. The maximum atomic E-state index is 11.9. The molecule has 1 fully saturated rings. The summed E-state index contributed by atoms with van der Waals surface area (Å²) in [6.45, 7) is 0. The van der Waals surface area contributed by atoms with Crippen molar-refractivity contribution in [3.63, 3.8) is 0 Å². The Morgan fingerprint density at radius 2 is 2.28 bits per heavy atom. The van der Waals surface area contributed by atoms with Crippen molar-refractivity contribution in [3.05, 3.63) is 16.8 Å². The Morgan fingerprint density at radius 1 is 1.56 bits per heavy atom. The highest BCUT2D eigenvalue weighted by Crippen LogP contribution is 2.20. The maximum absolute atomic E-state index is 11.9. The van der Waals surface area contributed by atoms with Gasteiger partial charge in [0.15, 0.2) is 14.5 Å². The monoisotopic (exact) mass is 336 g/mol. The van der Waals surface area contributed by atoms with Crippen molar-refractivity contribution < 1.29 is 17.6 Å². The Labute approximate surface area is 113 Å². The van der Waals surface area contributed by atoms with Crippen molar-refractivity contribution in [2.24, 2.45) is 0 Å². The molecule has 2 heterocycles. The number of nitrogens with zero attached hydrogens (tertiary/aromatic N) is 1. The highest BCUT2D eigenvalue weighted by Gasteiger charge is 2.32. The Hall–Kier alpha value is -1.02. The number of amides is 2. The van der Waals surface area contributed by atoms with Crippen LogP contribution in [-0.2, 0) is 9.84 Å². The largest absolute Gasteiger partial charge is 0.434 e. The second-order valence-electron chi connectivity index (χ2n) is 4.20. The molecule has 1 aliphatic rings. The van der Waals surface area contributed by atoms with E-state index in [9.17, 15) is 13.2 Å². The quantitative estimate of drug-likeness (QED) is 0.891. The molecule has 2 amide bonds. The first-order valence-corrected chi connectivity index (χ1v) is 7.98. The van der Waals surface area contributed by atoms with E-state index in [2.05, 4.69) is 21.2 Å².